The maximum Gasteiger partial charge on any atom is 0.171 e. The molecule has 0 amide bonds. The van der Waals surface area contributed by atoms with Gasteiger partial charge in [0.2, 0.25) is 0 Å². The Kier molecular flexibility index (Phi) is 5.07. The van der Waals surface area contributed by atoms with Crippen LogP contribution in [0.15, 0.2) is 6.20 Å². The number of anilines is 2. The summed E-state index contributed by atoms with van der Waals surface area (Å²) in [6.45, 7) is 3.05. The molecular formula is C10H21N5O. The summed E-state index contributed by atoms with van der Waals surface area (Å²) in [5.74, 6) is 0.721. The Balaban J connectivity index is 2.09. The molecule has 6 nitrogen and oxygen atoms in total. The standard InChI is InChI=1S/C10H21N5O/c1-14(2)5-7-16-6-4-12-10-9(11)8-15(3)13-10/h8H,4-7,11H2,1-3H3,(H,12,13). The van der Waals surface area contributed by atoms with Crippen LogP contribution in [0.5, 0.6) is 0 Å². The summed E-state index contributed by atoms with van der Waals surface area (Å²) in [6, 6.07) is 0. The Bertz CT molecular complexity index is 310. The van der Waals surface area contributed by atoms with Crippen LogP contribution in [0.2, 0.25) is 0 Å². The maximum atomic E-state index is 5.73. The third kappa shape index (κ3) is 4.50. The highest BCUT2D eigenvalue weighted by Gasteiger charge is 2.02. The number of aryl methyl sites for hydroxylation is 1. The number of hydrogen-bond acceptors (Lipinski definition) is 5. The quantitative estimate of drug-likeness (QED) is 0.641. The number of nitrogen functional groups attached to an aromatic ring is 1. The van der Waals surface area contributed by atoms with E-state index in [1.807, 2.05) is 21.1 Å². The molecule has 1 rings (SSSR count). The molecule has 0 fully saturated rings. The third-order valence-electron chi connectivity index (χ3n) is 2.08. The van der Waals surface area contributed by atoms with E-state index < -0.39 is 0 Å². The first-order valence-electron chi connectivity index (χ1n) is 5.35. The lowest BCUT2D eigenvalue weighted by Crippen LogP contribution is -2.20. The van der Waals surface area contributed by atoms with Crippen molar-refractivity contribution in [2.75, 3.05) is 51.4 Å². The van der Waals surface area contributed by atoms with Crippen molar-refractivity contribution in [1.82, 2.24) is 14.7 Å². The number of nitrogens with zero attached hydrogens (tertiary/aromatic N) is 3. The Morgan fingerprint density at radius 3 is 2.81 bits per heavy atom. The molecular weight excluding hydrogens is 206 g/mol. The Labute approximate surface area is 96.4 Å². The molecule has 3 N–H and O–H groups in total. The maximum absolute atomic E-state index is 5.73. The summed E-state index contributed by atoms with van der Waals surface area (Å²) in [5.41, 5.74) is 6.39. The Morgan fingerprint density at radius 1 is 1.50 bits per heavy atom. The number of rotatable bonds is 7. The van der Waals surface area contributed by atoms with Crippen LogP contribution in [0.1, 0.15) is 0 Å². The van der Waals surface area contributed by atoms with Crippen molar-refractivity contribution >= 4 is 11.5 Å². The highest BCUT2D eigenvalue weighted by atomic mass is 16.5. The molecule has 0 saturated carbocycles. The fourth-order valence-corrected chi connectivity index (χ4v) is 1.23. The first-order chi connectivity index (χ1) is 7.59. The monoisotopic (exact) mass is 227 g/mol. The average molecular weight is 227 g/mol. The van der Waals surface area contributed by atoms with E-state index in [-0.39, 0.29) is 0 Å². The smallest absolute Gasteiger partial charge is 0.171 e. The second-order valence-corrected chi connectivity index (χ2v) is 3.95. The van der Waals surface area contributed by atoms with E-state index in [0.717, 1.165) is 19.0 Å². The van der Waals surface area contributed by atoms with Gasteiger partial charge in [0.1, 0.15) is 0 Å². The zero-order valence-corrected chi connectivity index (χ0v) is 10.2. The van der Waals surface area contributed by atoms with E-state index in [2.05, 4.69) is 15.3 Å². The van der Waals surface area contributed by atoms with Crippen molar-refractivity contribution in [3.05, 3.63) is 6.20 Å². The van der Waals surface area contributed by atoms with Crippen LogP contribution in [0, 0.1) is 0 Å². The van der Waals surface area contributed by atoms with Crippen LogP contribution in [-0.4, -0.2) is 55.1 Å². The van der Waals surface area contributed by atoms with Crippen molar-refractivity contribution in [2.24, 2.45) is 7.05 Å². The highest BCUT2D eigenvalue weighted by molar-refractivity contribution is 5.59. The second kappa shape index (κ2) is 6.34. The molecule has 0 spiro atoms. The van der Waals surface area contributed by atoms with Gasteiger partial charge in [-0.1, -0.05) is 0 Å². The number of nitrogens with two attached hydrogens (primary N) is 1. The number of aromatic nitrogens is 2. The topological polar surface area (TPSA) is 68.3 Å². The molecule has 92 valence electrons. The van der Waals surface area contributed by atoms with Crippen LogP contribution in [0.25, 0.3) is 0 Å². The molecule has 0 atom stereocenters. The van der Waals surface area contributed by atoms with Gasteiger partial charge in [0.05, 0.1) is 18.9 Å². The molecule has 0 aliphatic rings. The van der Waals surface area contributed by atoms with E-state index in [9.17, 15) is 0 Å². The van der Waals surface area contributed by atoms with E-state index in [1.54, 1.807) is 10.9 Å². The zero-order chi connectivity index (χ0) is 12.0. The Morgan fingerprint density at radius 2 is 2.25 bits per heavy atom. The average Bonchev–Trinajstić information content (AvgIpc) is 2.50. The van der Waals surface area contributed by atoms with E-state index in [4.69, 9.17) is 10.5 Å². The van der Waals surface area contributed by atoms with Crippen LogP contribution >= 0.6 is 0 Å². The normalized spacial score (nSPS) is 11.0. The van der Waals surface area contributed by atoms with Gasteiger partial charge in [0.25, 0.3) is 0 Å². The summed E-state index contributed by atoms with van der Waals surface area (Å²) in [4.78, 5) is 2.09. The van der Waals surface area contributed by atoms with Gasteiger partial charge < -0.3 is 20.7 Å². The predicted octanol–water partition coefficient (Wildman–Crippen LogP) is -0.00760. The highest BCUT2D eigenvalue weighted by Crippen LogP contribution is 2.13. The first-order valence-corrected chi connectivity index (χ1v) is 5.35. The predicted molar refractivity (Wildman–Crippen MR) is 65.5 cm³/mol. The van der Waals surface area contributed by atoms with Crippen molar-refractivity contribution in [2.45, 2.75) is 0 Å². The molecule has 0 unspecified atom stereocenters. The van der Waals surface area contributed by atoms with Crippen molar-refractivity contribution in [3.63, 3.8) is 0 Å². The van der Waals surface area contributed by atoms with E-state index in [0.29, 0.717) is 18.8 Å². The van der Waals surface area contributed by atoms with E-state index >= 15 is 0 Å². The number of nitrogens with one attached hydrogen (secondary N) is 1. The van der Waals surface area contributed by atoms with Gasteiger partial charge in [0.15, 0.2) is 5.82 Å². The van der Waals surface area contributed by atoms with Crippen molar-refractivity contribution < 1.29 is 4.74 Å². The fraction of sp³-hybridized carbons (Fsp3) is 0.700. The molecule has 1 aromatic rings. The lowest BCUT2D eigenvalue weighted by Gasteiger charge is -2.10. The zero-order valence-electron chi connectivity index (χ0n) is 10.2. The van der Waals surface area contributed by atoms with Crippen LogP contribution in [0.3, 0.4) is 0 Å². The molecule has 16 heavy (non-hydrogen) atoms. The summed E-state index contributed by atoms with van der Waals surface area (Å²) in [6.07, 6.45) is 1.77. The van der Waals surface area contributed by atoms with Gasteiger partial charge in [-0.3, -0.25) is 4.68 Å². The molecule has 0 saturated heterocycles. The van der Waals surface area contributed by atoms with Gasteiger partial charge in [-0.2, -0.15) is 5.10 Å². The fourth-order valence-electron chi connectivity index (χ4n) is 1.23. The first kappa shape index (κ1) is 12.8. The number of hydrogen-bond donors (Lipinski definition) is 2. The van der Waals surface area contributed by atoms with Crippen LogP contribution in [0.4, 0.5) is 11.5 Å². The molecule has 0 bridgehead atoms. The SMILES string of the molecule is CN(C)CCOCCNc1nn(C)cc1N. The summed E-state index contributed by atoms with van der Waals surface area (Å²) in [7, 11) is 5.89. The molecule has 0 aromatic carbocycles. The van der Waals surface area contributed by atoms with Crippen LogP contribution < -0.4 is 11.1 Å². The molecule has 1 aromatic heterocycles. The van der Waals surface area contributed by atoms with Crippen molar-refractivity contribution in [3.8, 4) is 0 Å². The van der Waals surface area contributed by atoms with Crippen molar-refractivity contribution in [1.29, 1.82) is 0 Å². The Hall–Kier alpha value is -1.27. The lowest BCUT2D eigenvalue weighted by atomic mass is 10.5. The van der Waals surface area contributed by atoms with Gasteiger partial charge in [0, 0.05) is 26.3 Å². The minimum Gasteiger partial charge on any atom is -0.394 e. The summed E-state index contributed by atoms with van der Waals surface area (Å²) >= 11 is 0. The molecule has 1 heterocycles. The second-order valence-electron chi connectivity index (χ2n) is 3.95. The minimum atomic E-state index is 0.657. The molecule has 0 aliphatic heterocycles. The number of likely N-dealkylation sites (N-methyl/N-ethyl adjacent to an activating group) is 1. The number of ether oxygens (including phenoxy) is 1. The molecule has 6 heteroatoms. The summed E-state index contributed by atoms with van der Waals surface area (Å²) < 4.78 is 7.12. The third-order valence-corrected chi connectivity index (χ3v) is 2.08. The van der Waals surface area contributed by atoms with Gasteiger partial charge in [-0.25, -0.2) is 0 Å². The van der Waals surface area contributed by atoms with Gasteiger partial charge in [-0.05, 0) is 14.1 Å². The minimum absolute atomic E-state index is 0.657. The molecule has 0 radical (unpaired) electrons. The van der Waals surface area contributed by atoms with Gasteiger partial charge in [-0.15, -0.1) is 0 Å². The van der Waals surface area contributed by atoms with E-state index in [1.165, 1.54) is 0 Å². The van der Waals surface area contributed by atoms with Crippen LogP contribution in [-0.2, 0) is 11.8 Å². The van der Waals surface area contributed by atoms with Gasteiger partial charge >= 0.3 is 0 Å². The lowest BCUT2D eigenvalue weighted by molar-refractivity contribution is 0.126. The summed E-state index contributed by atoms with van der Waals surface area (Å²) in [5, 5.41) is 7.30. The largest absolute Gasteiger partial charge is 0.394 e. The molecule has 0 aliphatic carbocycles.